The number of carbonyl (C=O) groups is 1. The van der Waals surface area contributed by atoms with E-state index in [4.69, 9.17) is 0 Å². The number of piperidine rings is 1. The molecule has 0 spiro atoms. The molecular weight excluding hydrogens is 376 g/mol. The van der Waals surface area contributed by atoms with Gasteiger partial charge in [-0.2, -0.15) is 4.31 Å². The molecule has 0 aliphatic carbocycles. The number of sulfonamides is 1. The fraction of sp³-hybridized carbons (Fsp3) is 0.333. The molecule has 1 aromatic carbocycles. The number of anilines is 1. The summed E-state index contributed by atoms with van der Waals surface area (Å²) in [7, 11) is -3.93. The van der Waals surface area contributed by atoms with Gasteiger partial charge in [0.05, 0.1) is 4.90 Å². The van der Waals surface area contributed by atoms with Crippen molar-refractivity contribution in [2.45, 2.75) is 24.7 Å². The molecule has 144 valence electrons. The minimum atomic E-state index is -3.93. The minimum Gasteiger partial charge on any atom is -0.310 e. The van der Waals surface area contributed by atoms with E-state index in [-0.39, 0.29) is 29.8 Å². The van der Waals surface area contributed by atoms with Crippen LogP contribution in [0.25, 0.3) is 0 Å². The van der Waals surface area contributed by atoms with Crippen molar-refractivity contribution in [2.24, 2.45) is 5.92 Å². The normalized spacial score (nSPS) is 16.3. The van der Waals surface area contributed by atoms with Gasteiger partial charge in [-0.15, -0.1) is 0 Å². The number of rotatable bonds is 4. The molecule has 2 heterocycles. The maximum absolute atomic E-state index is 13.4. The lowest BCUT2D eigenvalue weighted by molar-refractivity contribution is -0.120. The van der Waals surface area contributed by atoms with Crippen molar-refractivity contribution in [2.75, 3.05) is 18.4 Å². The summed E-state index contributed by atoms with van der Waals surface area (Å²) < 4.78 is 52.8. The highest BCUT2D eigenvalue weighted by Crippen LogP contribution is 2.25. The Morgan fingerprint density at radius 3 is 2.48 bits per heavy atom. The third-order valence-electron chi connectivity index (χ3n) is 4.49. The summed E-state index contributed by atoms with van der Waals surface area (Å²) in [6, 6.07) is 7.79. The average Bonchev–Trinajstić information content (AvgIpc) is 2.64. The number of nitrogens with one attached hydrogen (secondary N) is 1. The van der Waals surface area contributed by atoms with Crippen LogP contribution in [0.1, 0.15) is 18.5 Å². The number of benzene rings is 1. The van der Waals surface area contributed by atoms with E-state index < -0.39 is 21.7 Å². The number of nitrogens with zero attached hydrogens (tertiary/aromatic N) is 2. The first-order chi connectivity index (χ1) is 12.8. The van der Waals surface area contributed by atoms with Crippen molar-refractivity contribution >= 4 is 21.7 Å². The summed E-state index contributed by atoms with van der Waals surface area (Å²) in [6.07, 6.45) is 0.668. The molecule has 9 heteroatoms. The molecule has 0 radical (unpaired) electrons. The maximum Gasteiger partial charge on any atom is 0.243 e. The second-order valence-corrected chi connectivity index (χ2v) is 8.35. The number of hydrogen-bond donors (Lipinski definition) is 1. The molecule has 1 aliphatic heterocycles. The summed E-state index contributed by atoms with van der Waals surface area (Å²) in [5.41, 5.74) is 0.778. The van der Waals surface area contributed by atoms with E-state index in [9.17, 15) is 22.0 Å². The van der Waals surface area contributed by atoms with Crippen LogP contribution < -0.4 is 5.32 Å². The summed E-state index contributed by atoms with van der Waals surface area (Å²) in [6.45, 7) is 2.07. The third-order valence-corrected chi connectivity index (χ3v) is 6.39. The van der Waals surface area contributed by atoms with Crippen LogP contribution in [0.3, 0.4) is 0 Å². The van der Waals surface area contributed by atoms with Gasteiger partial charge < -0.3 is 5.32 Å². The van der Waals surface area contributed by atoms with Gasteiger partial charge in [-0.1, -0.05) is 6.07 Å². The van der Waals surface area contributed by atoms with E-state index in [1.54, 1.807) is 12.1 Å². The largest absolute Gasteiger partial charge is 0.310 e. The molecule has 1 amide bonds. The molecule has 0 atom stereocenters. The fourth-order valence-corrected chi connectivity index (χ4v) is 4.47. The molecule has 2 aromatic rings. The molecule has 0 unspecified atom stereocenters. The fourth-order valence-electron chi connectivity index (χ4n) is 2.99. The van der Waals surface area contributed by atoms with Crippen molar-refractivity contribution in [1.82, 2.24) is 9.29 Å². The Morgan fingerprint density at radius 2 is 1.85 bits per heavy atom. The number of carbonyl (C=O) groups excluding carboxylic acids is 1. The van der Waals surface area contributed by atoms with E-state index in [1.807, 2.05) is 13.0 Å². The van der Waals surface area contributed by atoms with Crippen molar-refractivity contribution in [3.63, 3.8) is 0 Å². The topological polar surface area (TPSA) is 79.4 Å². The lowest BCUT2D eigenvalue weighted by Gasteiger charge is -2.30. The number of aromatic nitrogens is 1. The second kappa shape index (κ2) is 7.69. The average molecular weight is 395 g/mol. The van der Waals surface area contributed by atoms with E-state index in [0.29, 0.717) is 24.7 Å². The zero-order valence-electron chi connectivity index (χ0n) is 14.7. The lowest BCUT2D eigenvalue weighted by atomic mass is 9.97. The highest BCUT2D eigenvalue weighted by molar-refractivity contribution is 7.89. The Balaban J connectivity index is 1.64. The zero-order chi connectivity index (χ0) is 19.6. The van der Waals surface area contributed by atoms with Gasteiger partial charge in [-0.25, -0.2) is 22.2 Å². The quantitative estimate of drug-likeness (QED) is 0.863. The predicted octanol–water partition coefficient (Wildman–Crippen LogP) is 2.71. The molecular formula is C18H19F2N3O3S. The van der Waals surface area contributed by atoms with Crippen molar-refractivity contribution in [1.29, 1.82) is 0 Å². The Labute approximate surface area is 156 Å². The van der Waals surface area contributed by atoms with Crippen LogP contribution in [0.4, 0.5) is 14.6 Å². The van der Waals surface area contributed by atoms with Gasteiger partial charge in [0, 0.05) is 24.7 Å². The maximum atomic E-state index is 13.4. The standard InChI is InChI=1S/C18H19F2N3O3S/c1-12-3-2-4-17(21-12)22-18(24)13-7-9-23(10-8-13)27(25,26)14-5-6-15(19)16(20)11-14/h2-6,11,13H,7-10H2,1H3,(H,21,22,24). The number of amides is 1. The van der Waals surface area contributed by atoms with E-state index in [2.05, 4.69) is 10.3 Å². The molecule has 0 bridgehead atoms. The molecule has 27 heavy (non-hydrogen) atoms. The summed E-state index contributed by atoms with van der Waals surface area (Å²) >= 11 is 0. The molecule has 1 aromatic heterocycles. The number of halogens is 2. The molecule has 1 N–H and O–H groups in total. The van der Waals surface area contributed by atoms with E-state index in [1.165, 1.54) is 4.31 Å². The molecule has 1 fully saturated rings. The van der Waals surface area contributed by atoms with Gasteiger partial charge in [-0.05, 0) is 50.1 Å². The summed E-state index contributed by atoms with van der Waals surface area (Å²) in [4.78, 5) is 16.3. The minimum absolute atomic E-state index is 0.126. The van der Waals surface area contributed by atoms with E-state index in [0.717, 1.165) is 17.8 Å². The molecule has 6 nitrogen and oxygen atoms in total. The molecule has 1 aliphatic rings. The second-order valence-electron chi connectivity index (χ2n) is 6.41. The third kappa shape index (κ3) is 4.30. The van der Waals surface area contributed by atoms with Crippen LogP contribution in [0, 0.1) is 24.5 Å². The van der Waals surface area contributed by atoms with Gasteiger partial charge in [-0.3, -0.25) is 4.79 Å². The van der Waals surface area contributed by atoms with Crippen LogP contribution in [0.15, 0.2) is 41.3 Å². The van der Waals surface area contributed by atoms with Crippen LogP contribution in [-0.4, -0.2) is 36.7 Å². The summed E-state index contributed by atoms with van der Waals surface area (Å²) in [5, 5.41) is 2.74. The molecule has 1 saturated heterocycles. The number of pyridine rings is 1. The van der Waals surface area contributed by atoms with Gasteiger partial charge in [0.2, 0.25) is 15.9 Å². The van der Waals surface area contributed by atoms with Gasteiger partial charge in [0.1, 0.15) is 5.82 Å². The smallest absolute Gasteiger partial charge is 0.243 e. The van der Waals surface area contributed by atoms with Crippen LogP contribution in [-0.2, 0) is 14.8 Å². The van der Waals surface area contributed by atoms with Crippen LogP contribution >= 0.6 is 0 Å². The van der Waals surface area contributed by atoms with Gasteiger partial charge in [0.25, 0.3) is 0 Å². The monoisotopic (exact) mass is 395 g/mol. The first-order valence-corrected chi connectivity index (χ1v) is 9.91. The van der Waals surface area contributed by atoms with Crippen molar-refractivity contribution in [3.05, 3.63) is 53.7 Å². The van der Waals surface area contributed by atoms with Gasteiger partial charge >= 0.3 is 0 Å². The Bertz CT molecular complexity index is 958. The summed E-state index contributed by atoms with van der Waals surface area (Å²) in [5.74, 6) is -2.41. The van der Waals surface area contributed by atoms with E-state index >= 15 is 0 Å². The Morgan fingerprint density at radius 1 is 1.15 bits per heavy atom. The van der Waals surface area contributed by atoms with Crippen molar-refractivity contribution in [3.8, 4) is 0 Å². The highest BCUT2D eigenvalue weighted by atomic mass is 32.2. The SMILES string of the molecule is Cc1cccc(NC(=O)C2CCN(S(=O)(=O)c3ccc(F)c(F)c3)CC2)n1. The zero-order valence-corrected chi connectivity index (χ0v) is 15.5. The predicted molar refractivity (Wildman–Crippen MR) is 95.4 cm³/mol. The van der Waals surface area contributed by atoms with Crippen molar-refractivity contribution < 1.29 is 22.0 Å². The van der Waals surface area contributed by atoms with Crippen LogP contribution in [0.5, 0.6) is 0 Å². The lowest BCUT2D eigenvalue weighted by Crippen LogP contribution is -2.41. The van der Waals surface area contributed by atoms with Gasteiger partial charge in [0.15, 0.2) is 11.6 Å². The number of hydrogen-bond acceptors (Lipinski definition) is 4. The molecule has 0 saturated carbocycles. The van der Waals surface area contributed by atoms with Crippen LogP contribution in [0.2, 0.25) is 0 Å². The first kappa shape index (κ1) is 19.4. The Kier molecular flexibility index (Phi) is 5.52. The highest BCUT2D eigenvalue weighted by Gasteiger charge is 2.32. The molecule has 3 rings (SSSR count). The Hall–Kier alpha value is -2.39. The first-order valence-electron chi connectivity index (χ1n) is 8.47. The number of aryl methyl sites for hydroxylation is 1.